The summed E-state index contributed by atoms with van der Waals surface area (Å²) in [5, 5.41) is 7.93. The van der Waals surface area contributed by atoms with E-state index < -0.39 is 0 Å². The first kappa shape index (κ1) is 18.8. The molecule has 144 valence electrons. The topological polar surface area (TPSA) is 71.1 Å². The van der Waals surface area contributed by atoms with Crippen LogP contribution in [0.3, 0.4) is 0 Å². The van der Waals surface area contributed by atoms with E-state index in [1.807, 2.05) is 30.0 Å². The van der Waals surface area contributed by atoms with Crippen LogP contribution in [0.25, 0.3) is 11.4 Å². The number of thioether (sulfide) groups is 1. The lowest BCUT2D eigenvalue weighted by atomic mass is 10.2. The van der Waals surface area contributed by atoms with E-state index in [-0.39, 0.29) is 11.2 Å². The Bertz CT molecular complexity index is 1020. The van der Waals surface area contributed by atoms with Crippen molar-refractivity contribution in [1.29, 1.82) is 0 Å². The summed E-state index contributed by atoms with van der Waals surface area (Å²) >= 11 is 7.43. The second-order valence-corrected chi connectivity index (χ2v) is 8.18. The highest BCUT2D eigenvalue weighted by Crippen LogP contribution is 2.33. The number of carbonyl (C=O) groups is 1. The number of anilines is 1. The van der Waals surface area contributed by atoms with Crippen molar-refractivity contribution in [3.05, 3.63) is 53.1 Å². The fourth-order valence-electron chi connectivity index (χ4n) is 3.28. The number of carbonyl (C=O) groups excluding carboxylic acids is 1. The smallest absolute Gasteiger partial charge is 0.240 e. The highest BCUT2D eigenvalue weighted by atomic mass is 35.5. The molecule has 3 aromatic rings. The van der Waals surface area contributed by atoms with Crippen molar-refractivity contribution in [2.45, 2.75) is 23.8 Å². The first-order valence-electron chi connectivity index (χ1n) is 8.89. The first-order chi connectivity index (χ1) is 13.6. The summed E-state index contributed by atoms with van der Waals surface area (Å²) in [7, 11) is 1.59. The van der Waals surface area contributed by atoms with Gasteiger partial charge in [0, 0.05) is 17.3 Å². The van der Waals surface area contributed by atoms with Gasteiger partial charge in [-0.3, -0.25) is 9.89 Å². The molecule has 2 aromatic carbocycles. The lowest BCUT2D eigenvalue weighted by Gasteiger charge is -2.20. The maximum Gasteiger partial charge on any atom is 0.240 e. The second-order valence-electron chi connectivity index (χ2n) is 6.44. The molecule has 1 atom stereocenters. The Labute approximate surface area is 172 Å². The normalized spacial score (nSPS) is 14.0. The molecule has 1 amide bonds. The Morgan fingerprint density at radius 2 is 2.14 bits per heavy atom. The van der Waals surface area contributed by atoms with E-state index in [1.54, 1.807) is 25.3 Å². The van der Waals surface area contributed by atoms with Gasteiger partial charge in [-0.15, -0.1) is 5.10 Å². The van der Waals surface area contributed by atoms with E-state index in [9.17, 15) is 4.79 Å². The van der Waals surface area contributed by atoms with Crippen molar-refractivity contribution in [2.75, 3.05) is 18.6 Å². The van der Waals surface area contributed by atoms with Crippen molar-refractivity contribution < 1.29 is 9.53 Å². The largest absolute Gasteiger partial charge is 0.496 e. The van der Waals surface area contributed by atoms with Gasteiger partial charge in [-0.1, -0.05) is 41.6 Å². The molecular formula is C20H19ClN4O2S. The van der Waals surface area contributed by atoms with Crippen molar-refractivity contribution in [1.82, 2.24) is 15.2 Å². The second kappa shape index (κ2) is 7.85. The number of benzene rings is 2. The summed E-state index contributed by atoms with van der Waals surface area (Å²) in [6, 6.07) is 13.3. The van der Waals surface area contributed by atoms with E-state index in [1.165, 1.54) is 17.3 Å². The molecular weight excluding hydrogens is 396 g/mol. The molecule has 1 aromatic heterocycles. The van der Waals surface area contributed by atoms with Crippen LogP contribution in [0.2, 0.25) is 5.02 Å². The van der Waals surface area contributed by atoms with Crippen LogP contribution in [0.4, 0.5) is 5.69 Å². The Balaban J connectivity index is 1.50. The van der Waals surface area contributed by atoms with Gasteiger partial charge in [-0.25, -0.2) is 4.98 Å². The Kier molecular flexibility index (Phi) is 5.28. The minimum atomic E-state index is -0.309. The third kappa shape index (κ3) is 3.59. The number of aromatic amines is 1. The number of ether oxygens (including phenoxy) is 1. The summed E-state index contributed by atoms with van der Waals surface area (Å²) in [6.07, 6.45) is 0.888. The van der Waals surface area contributed by atoms with Gasteiger partial charge in [0.25, 0.3) is 0 Å². The summed E-state index contributed by atoms with van der Waals surface area (Å²) in [5.74, 6) is 1.25. The van der Waals surface area contributed by atoms with Crippen molar-refractivity contribution in [3.63, 3.8) is 0 Å². The Hall–Kier alpha value is -2.51. The molecule has 0 bridgehead atoms. The third-order valence-corrected chi connectivity index (χ3v) is 5.85. The lowest BCUT2D eigenvalue weighted by Crippen LogP contribution is -2.35. The number of rotatable bonds is 5. The Morgan fingerprint density at radius 1 is 1.32 bits per heavy atom. The van der Waals surface area contributed by atoms with Gasteiger partial charge in [-0.2, -0.15) is 0 Å². The van der Waals surface area contributed by atoms with Crippen LogP contribution < -0.4 is 9.64 Å². The molecule has 0 fully saturated rings. The quantitative estimate of drug-likeness (QED) is 0.633. The zero-order valence-corrected chi connectivity index (χ0v) is 17.0. The van der Waals surface area contributed by atoms with E-state index in [4.69, 9.17) is 16.3 Å². The van der Waals surface area contributed by atoms with Gasteiger partial charge in [0.05, 0.1) is 17.9 Å². The van der Waals surface area contributed by atoms with E-state index in [0.29, 0.717) is 28.3 Å². The van der Waals surface area contributed by atoms with Crippen LogP contribution in [0.1, 0.15) is 12.5 Å². The molecule has 0 saturated carbocycles. The molecule has 8 heteroatoms. The highest BCUT2D eigenvalue weighted by molar-refractivity contribution is 8.00. The Morgan fingerprint density at radius 3 is 2.96 bits per heavy atom. The van der Waals surface area contributed by atoms with Crippen LogP contribution >= 0.6 is 23.4 Å². The fraction of sp³-hybridized carbons (Fsp3) is 0.250. The average Bonchev–Trinajstić information content (AvgIpc) is 3.34. The number of nitrogens with one attached hydrogen (secondary N) is 1. The van der Waals surface area contributed by atoms with Crippen LogP contribution in [0.15, 0.2) is 47.6 Å². The van der Waals surface area contributed by atoms with Crippen LogP contribution in [-0.2, 0) is 11.2 Å². The molecule has 4 rings (SSSR count). The minimum absolute atomic E-state index is 0.0571. The first-order valence-corrected chi connectivity index (χ1v) is 10.1. The highest BCUT2D eigenvalue weighted by Gasteiger charge is 2.29. The van der Waals surface area contributed by atoms with Crippen molar-refractivity contribution >= 4 is 35.0 Å². The van der Waals surface area contributed by atoms with Crippen molar-refractivity contribution in [2.24, 2.45) is 0 Å². The van der Waals surface area contributed by atoms with Gasteiger partial charge < -0.3 is 9.64 Å². The zero-order valence-electron chi connectivity index (χ0n) is 15.5. The summed E-state index contributed by atoms with van der Waals surface area (Å²) in [6.45, 7) is 2.59. The summed E-state index contributed by atoms with van der Waals surface area (Å²) in [5.41, 5.74) is 2.93. The predicted octanol–water partition coefficient (Wildman–Crippen LogP) is 4.20. The van der Waals surface area contributed by atoms with E-state index in [0.717, 1.165) is 17.7 Å². The van der Waals surface area contributed by atoms with Gasteiger partial charge in [-0.05, 0) is 43.2 Å². The minimum Gasteiger partial charge on any atom is -0.496 e. The number of H-pyrrole nitrogens is 1. The third-order valence-electron chi connectivity index (χ3n) is 4.66. The van der Waals surface area contributed by atoms with Crippen molar-refractivity contribution in [3.8, 4) is 17.1 Å². The average molecular weight is 415 g/mol. The molecule has 28 heavy (non-hydrogen) atoms. The molecule has 6 nitrogen and oxygen atoms in total. The number of fused-ring (bicyclic) bond motifs is 1. The monoisotopic (exact) mass is 414 g/mol. The molecule has 0 spiro atoms. The number of halogens is 1. The molecule has 0 aliphatic carbocycles. The summed E-state index contributed by atoms with van der Waals surface area (Å²) < 4.78 is 5.37. The number of nitrogens with zero attached hydrogens (tertiary/aromatic N) is 3. The number of aromatic nitrogens is 3. The molecule has 1 aliphatic heterocycles. The maximum absolute atomic E-state index is 12.9. The molecule has 1 aliphatic rings. The van der Waals surface area contributed by atoms with Gasteiger partial charge in [0.1, 0.15) is 5.75 Å². The number of hydrogen-bond acceptors (Lipinski definition) is 5. The number of methoxy groups -OCH3 is 1. The van der Waals surface area contributed by atoms with Crippen LogP contribution in [-0.4, -0.2) is 40.0 Å². The van der Waals surface area contributed by atoms with Crippen LogP contribution in [0, 0.1) is 0 Å². The molecule has 0 saturated heterocycles. The standard InChI is InChI=1S/C20H19ClN4O2S/c1-12(19(26)25-10-9-13-5-3-4-6-16(13)25)28-20-22-18(23-24-20)15-11-14(21)7-8-17(15)27-2/h3-8,11-12H,9-10H2,1-2H3,(H,22,23,24)/t12-/m0/s1. The predicted molar refractivity (Wildman–Crippen MR) is 111 cm³/mol. The van der Waals surface area contributed by atoms with Gasteiger partial charge >= 0.3 is 0 Å². The van der Waals surface area contributed by atoms with Gasteiger partial charge in [0.2, 0.25) is 11.1 Å². The number of para-hydroxylation sites is 1. The SMILES string of the molecule is COc1ccc(Cl)cc1-c1nc(S[C@@H](C)C(=O)N2CCc3ccccc32)n[nH]1. The van der Waals surface area contributed by atoms with E-state index >= 15 is 0 Å². The molecule has 0 radical (unpaired) electrons. The number of amides is 1. The molecule has 0 unspecified atom stereocenters. The number of hydrogen-bond donors (Lipinski definition) is 1. The van der Waals surface area contributed by atoms with E-state index in [2.05, 4.69) is 21.2 Å². The maximum atomic E-state index is 12.9. The fourth-order valence-corrected chi connectivity index (χ4v) is 4.24. The zero-order chi connectivity index (χ0) is 19.7. The molecule has 2 heterocycles. The lowest BCUT2D eigenvalue weighted by molar-refractivity contribution is -0.117. The summed E-state index contributed by atoms with van der Waals surface area (Å²) in [4.78, 5) is 19.3. The molecule has 1 N–H and O–H groups in total. The van der Waals surface area contributed by atoms with Gasteiger partial charge in [0.15, 0.2) is 5.82 Å². The van der Waals surface area contributed by atoms with Crippen LogP contribution in [0.5, 0.6) is 5.75 Å².